The van der Waals surface area contributed by atoms with E-state index in [1.165, 1.54) is 10.9 Å². The molecule has 2 heterocycles. The topological polar surface area (TPSA) is 43.8 Å². The van der Waals surface area contributed by atoms with Gasteiger partial charge in [0.2, 0.25) is 0 Å². The van der Waals surface area contributed by atoms with Crippen molar-refractivity contribution < 1.29 is 0 Å². The third kappa shape index (κ3) is 1.94. The third-order valence-corrected chi connectivity index (χ3v) is 3.92. The second kappa shape index (κ2) is 4.55. The summed E-state index contributed by atoms with van der Waals surface area (Å²) in [7, 11) is 1.97. The van der Waals surface area contributed by atoms with Gasteiger partial charge in [0.1, 0.15) is 0 Å². The summed E-state index contributed by atoms with van der Waals surface area (Å²) in [5.74, 6) is 0. The number of aryl methyl sites for hydroxylation is 1. The summed E-state index contributed by atoms with van der Waals surface area (Å²) in [4.78, 5) is 0. The summed E-state index contributed by atoms with van der Waals surface area (Å²) in [6.45, 7) is 0. The first kappa shape index (κ1) is 11.4. The molecule has 0 radical (unpaired) electrons. The van der Waals surface area contributed by atoms with Crippen LogP contribution in [0, 0.1) is 0 Å². The SMILES string of the molecule is Cn1nc(CC(N)c2ccsc2)c2ccccc21. The van der Waals surface area contributed by atoms with Crippen LogP contribution < -0.4 is 5.73 Å². The molecule has 18 heavy (non-hydrogen) atoms. The van der Waals surface area contributed by atoms with E-state index in [1.807, 2.05) is 23.9 Å². The van der Waals surface area contributed by atoms with Crippen LogP contribution >= 0.6 is 11.3 Å². The molecule has 0 aliphatic rings. The zero-order chi connectivity index (χ0) is 12.5. The predicted octanol–water partition coefficient (Wildman–Crippen LogP) is 2.88. The van der Waals surface area contributed by atoms with Gasteiger partial charge in [0.15, 0.2) is 0 Å². The van der Waals surface area contributed by atoms with Crippen LogP contribution in [0.3, 0.4) is 0 Å². The zero-order valence-electron chi connectivity index (χ0n) is 10.2. The monoisotopic (exact) mass is 257 g/mol. The Labute approximate surface area is 110 Å². The lowest BCUT2D eigenvalue weighted by atomic mass is 10.0. The molecule has 2 N–H and O–H groups in total. The molecular weight excluding hydrogens is 242 g/mol. The molecule has 0 aliphatic heterocycles. The normalized spacial score (nSPS) is 13.0. The largest absolute Gasteiger partial charge is 0.324 e. The van der Waals surface area contributed by atoms with Gasteiger partial charge in [-0.2, -0.15) is 16.4 Å². The van der Waals surface area contributed by atoms with Crippen LogP contribution in [-0.2, 0) is 13.5 Å². The fraction of sp³-hybridized carbons (Fsp3) is 0.214. The van der Waals surface area contributed by atoms with Crippen molar-refractivity contribution in [1.29, 1.82) is 0 Å². The van der Waals surface area contributed by atoms with E-state index >= 15 is 0 Å². The van der Waals surface area contributed by atoms with Crippen molar-refractivity contribution in [2.24, 2.45) is 12.8 Å². The molecule has 2 aromatic heterocycles. The molecule has 0 spiro atoms. The van der Waals surface area contributed by atoms with Gasteiger partial charge in [0.05, 0.1) is 11.2 Å². The van der Waals surface area contributed by atoms with E-state index in [-0.39, 0.29) is 6.04 Å². The Bertz CT molecular complexity index is 655. The highest BCUT2D eigenvalue weighted by molar-refractivity contribution is 7.07. The standard InChI is InChI=1S/C14H15N3S/c1-17-14-5-3-2-4-11(14)13(16-17)8-12(15)10-6-7-18-9-10/h2-7,9,12H,8,15H2,1H3. The van der Waals surface area contributed by atoms with E-state index in [0.29, 0.717) is 0 Å². The van der Waals surface area contributed by atoms with Gasteiger partial charge >= 0.3 is 0 Å². The van der Waals surface area contributed by atoms with Crippen molar-refractivity contribution in [1.82, 2.24) is 9.78 Å². The van der Waals surface area contributed by atoms with Gasteiger partial charge in [-0.15, -0.1) is 0 Å². The average molecular weight is 257 g/mol. The van der Waals surface area contributed by atoms with Gasteiger partial charge in [-0.25, -0.2) is 0 Å². The average Bonchev–Trinajstić information content (AvgIpc) is 3.00. The number of hydrogen-bond acceptors (Lipinski definition) is 3. The van der Waals surface area contributed by atoms with E-state index in [2.05, 4.69) is 34.1 Å². The van der Waals surface area contributed by atoms with Gasteiger partial charge in [-0.05, 0) is 28.5 Å². The number of rotatable bonds is 3. The number of fused-ring (bicyclic) bond motifs is 1. The van der Waals surface area contributed by atoms with E-state index < -0.39 is 0 Å². The van der Waals surface area contributed by atoms with Gasteiger partial charge in [0.25, 0.3) is 0 Å². The van der Waals surface area contributed by atoms with Gasteiger partial charge in [-0.3, -0.25) is 4.68 Å². The second-order valence-electron chi connectivity index (χ2n) is 4.45. The molecule has 0 saturated heterocycles. The summed E-state index contributed by atoms with van der Waals surface area (Å²) in [6, 6.07) is 10.4. The molecule has 4 heteroatoms. The Morgan fingerprint density at radius 3 is 2.94 bits per heavy atom. The van der Waals surface area contributed by atoms with Crippen molar-refractivity contribution in [3.05, 3.63) is 52.3 Å². The first-order chi connectivity index (χ1) is 8.75. The Balaban J connectivity index is 1.96. The van der Waals surface area contributed by atoms with Crippen molar-refractivity contribution in [2.75, 3.05) is 0 Å². The van der Waals surface area contributed by atoms with Crippen LogP contribution in [0.2, 0.25) is 0 Å². The minimum Gasteiger partial charge on any atom is -0.324 e. The Morgan fingerprint density at radius 2 is 2.17 bits per heavy atom. The number of nitrogens with two attached hydrogens (primary N) is 1. The van der Waals surface area contributed by atoms with Gasteiger partial charge in [-0.1, -0.05) is 18.2 Å². The minimum atomic E-state index is 0.0227. The molecule has 1 aromatic carbocycles. The van der Waals surface area contributed by atoms with E-state index in [9.17, 15) is 0 Å². The maximum atomic E-state index is 6.23. The number of benzene rings is 1. The molecule has 0 amide bonds. The number of thiophene rings is 1. The molecule has 1 atom stereocenters. The quantitative estimate of drug-likeness (QED) is 0.784. The van der Waals surface area contributed by atoms with Crippen LogP contribution in [-0.4, -0.2) is 9.78 Å². The van der Waals surface area contributed by atoms with Crippen LogP contribution in [0.25, 0.3) is 10.9 Å². The zero-order valence-corrected chi connectivity index (χ0v) is 11.0. The highest BCUT2D eigenvalue weighted by Gasteiger charge is 2.13. The fourth-order valence-electron chi connectivity index (χ4n) is 2.25. The van der Waals surface area contributed by atoms with Gasteiger partial charge in [0, 0.05) is 24.9 Å². The number of hydrogen-bond donors (Lipinski definition) is 1. The van der Waals surface area contributed by atoms with E-state index in [4.69, 9.17) is 5.73 Å². The maximum Gasteiger partial charge on any atom is 0.0722 e. The number of aromatic nitrogens is 2. The first-order valence-electron chi connectivity index (χ1n) is 5.94. The first-order valence-corrected chi connectivity index (χ1v) is 6.88. The van der Waals surface area contributed by atoms with E-state index in [1.54, 1.807) is 11.3 Å². The number of para-hydroxylation sites is 1. The second-order valence-corrected chi connectivity index (χ2v) is 5.23. The summed E-state index contributed by atoms with van der Waals surface area (Å²) in [5.41, 5.74) is 9.65. The van der Waals surface area contributed by atoms with Crippen LogP contribution in [0.15, 0.2) is 41.1 Å². The van der Waals surface area contributed by atoms with Crippen molar-refractivity contribution >= 4 is 22.2 Å². The molecule has 0 fully saturated rings. The Morgan fingerprint density at radius 1 is 1.33 bits per heavy atom. The fourth-order valence-corrected chi connectivity index (χ4v) is 2.98. The van der Waals surface area contributed by atoms with Crippen LogP contribution in [0.1, 0.15) is 17.3 Å². The Hall–Kier alpha value is -1.65. The van der Waals surface area contributed by atoms with Crippen molar-refractivity contribution in [3.8, 4) is 0 Å². The maximum absolute atomic E-state index is 6.23. The molecule has 3 aromatic rings. The van der Waals surface area contributed by atoms with E-state index in [0.717, 1.165) is 17.6 Å². The molecule has 0 bridgehead atoms. The molecule has 0 aliphatic carbocycles. The summed E-state index contributed by atoms with van der Waals surface area (Å²) < 4.78 is 1.92. The predicted molar refractivity (Wildman–Crippen MR) is 75.7 cm³/mol. The number of nitrogens with zero attached hydrogens (tertiary/aromatic N) is 2. The van der Waals surface area contributed by atoms with Crippen molar-refractivity contribution in [2.45, 2.75) is 12.5 Å². The highest BCUT2D eigenvalue weighted by Crippen LogP contribution is 2.23. The summed E-state index contributed by atoms with van der Waals surface area (Å²) >= 11 is 1.68. The van der Waals surface area contributed by atoms with Crippen molar-refractivity contribution in [3.63, 3.8) is 0 Å². The summed E-state index contributed by atoms with van der Waals surface area (Å²) in [6.07, 6.45) is 0.776. The molecule has 3 rings (SSSR count). The lowest BCUT2D eigenvalue weighted by Crippen LogP contribution is -2.13. The van der Waals surface area contributed by atoms with Crippen LogP contribution in [0.4, 0.5) is 0 Å². The lowest BCUT2D eigenvalue weighted by molar-refractivity contribution is 0.684. The van der Waals surface area contributed by atoms with Crippen LogP contribution in [0.5, 0.6) is 0 Å². The van der Waals surface area contributed by atoms with Gasteiger partial charge < -0.3 is 5.73 Å². The Kier molecular flexibility index (Phi) is 2.89. The molecule has 92 valence electrons. The lowest BCUT2D eigenvalue weighted by Gasteiger charge is -2.07. The highest BCUT2D eigenvalue weighted by atomic mass is 32.1. The smallest absolute Gasteiger partial charge is 0.0722 e. The summed E-state index contributed by atoms with van der Waals surface area (Å²) in [5, 5.41) is 9.95. The molecule has 0 saturated carbocycles. The molecular formula is C14H15N3S. The minimum absolute atomic E-state index is 0.0227. The molecule has 1 unspecified atom stereocenters. The third-order valence-electron chi connectivity index (χ3n) is 3.22. The molecule has 3 nitrogen and oxygen atoms in total.